The molecule has 0 bridgehead atoms. The van der Waals surface area contributed by atoms with Crippen molar-refractivity contribution >= 4 is 61.7 Å². The maximum absolute atomic E-state index is 13.0. The predicted molar refractivity (Wildman–Crippen MR) is 135 cm³/mol. The lowest BCUT2D eigenvalue weighted by molar-refractivity contribution is -0.135. The van der Waals surface area contributed by atoms with Crippen molar-refractivity contribution in [3.05, 3.63) is 75.2 Å². The van der Waals surface area contributed by atoms with Gasteiger partial charge >= 0.3 is 0 Å². The van der Waals surface area contributed by atoms with Crippen LogP contribution in [0.15, 0.2) is 64.1 Å². The van der Waals surface area contributed by atoms with E-state index in [0.717, 1.165) is 38.3 Å². The van der Waals surface area contributed by atoms with E-state index in [1.807, 2.05) is 64.2 Å². The van der Waals surface area contributed by atoms with E-state index in [9.17, 15) is 14.4 Å². The van der Waals surface area contributed by atoms with Crippen LogP contribution >= 0.6 is 27.7 Å². The van der Waals surface area contributed by atoms with Gasteiger partial charge in [-0.3, -0.25) is 19.3 Å². The van der Waals surface area contributed by atoms with E-state index < -0.39 is 0 Å². The number of carbonyl (C=O) groups excluding carboxylic acids is 3. The van der Waals surface area contributed by atoms with Crippen LogP contribution in [0.4, 0.5) is 4.79 Å². The first kappa shape index (κ1) is 22.9. The van der Waals surface area contributed by atoms with Crippen LogP contribution in [0, 0.1) is 0 Å². The van der Waals surface area contributed by atoms with Crippen molar-refractivity contribution in [1.29, 1.82) is 0 Å². The molecule has 3 amide bonds. The summed E-state index contributed by atoms with van der Waals surface area (Å²) in [6.07, 6.45) is 3.64. The van der Waals surface area contributed by atoms with Crippen molar-refractivity contribution in [1.82, 2.24) is 14.4 Å². The number of hydrogen-bond donors (Lipinski definition) is 0. The van der Waals surface area contributed by atoms with Crippen molar-refractivity contribution in [2.24, 2.45) is 0 Å². The molecule has 3 heterocycles. The first-order valence-corrected chi connectivity index (χ1v) is 12.5. The van der Waals surface area contributed by atoms with E-state index in [1.54, 1.807) is 6.08 Å². The number of aromatic nitrogens is 1. The summed E-state index contributed by atoms with van der Waals surface area (Å²) < 4.78 is 8.19. The Balaban J connectivity index is 1.40. The number of hydrogen-bond acceptors (Lipinski definition) is 5. The zero-order valence-electron chi connectivity index (χ0n) is 18.3. The van der Waals surface area contributed by atoms with Crippen LogP contribution in [0.1, 0.15) is 11.1 Å². The number of benzene rings is 2. The fraction of sp³-hybridized carbons (Fsp3) is 0.240. The van der Waals surface area contributed by atoms with Crippen molar-refractivity contribution in [3.63, 3.8) is 0 Å². The van der Waals surface area contributed by atoms with Crippen LogP contribution < -0.4 is 0 Å². The molecule has 0 unspecified atom stereocenters. The second kappa shape index (κ2) is 9.77. The molecule has 0 spiro atoms. The number of nitrogens with zero attached hydrogens (tertiary/aromatic N) is 3. The zero-order chi connectivity index (χ0) is 23.7. The quantitative estimate of drug-likeness (QED) is 0.446. The molecule has 0 radical (unpaired) electrons. The number of fused-ring (bicyclic) bond motifs is 1. The lowest BCUT2D eigenvalue weighted by atomic mass is 10.1. The number of carbonyl (C=O) groups is 3. The van der Waals surface area contributed by atoms with Gasteiger partial charge in [-0.05, 0) is 41.6 Å². The molecule has 0 atom stereocenters. The molecule has 0 aliphatic carbocycles. The summed E-state index contributed by atoms with van der Waals surface area (Å²) in [6.45, 7) is 2.73. The molecular weight excluding hydrogens is 518 g/mol. The van der Waals surface area contributed by atoms with Gasteiger partial charge in [0.2, 0.25) is 5.91 Å². The van der Waals surface area contributed by atoms with Gasteiger partial charge in [-0.2, -0.15) is 0 Å². The van der Waals surface area contributed by atoms with E-state index in [2.05, 4.69) is 15.9 Å². The third-order valence-corrected chi connectivity index (χ3v) is 7.34. The molecule has 2 fully saturated rings. The van der Waals surface area contributed by atoms with Gasteiger partial charge in [-0.1, -0.05) is 46.3 Å². The summed E-state index contributed by atoms with van der Waals surface area (Å²) in [5, 5.41) is 0.641. The Hall–Kier alpha value is -2.88. The van der Waals surface area contributed by atoms with Gasteiger partial charge < -0.3 is 14.2 Å². The van der Waals surface area contributed by atoms with Gasteiger partial charge in [0.05, 0.1) is 24.7 Å². The molecule has 3 aromatic rings. The number of morpholine rings is 1. The molecule has 0 N–H and O–H groups in total. The first-order chi connectivity index (χ1) is 16.5. The Morgan fingerprint density at radius 1 is 1.06 bits per heavy atom. The summed E-state index contributed by atoms with van der Waals surface area (Å²) >= 11 is 4.34. The lowest BCUT2D eigenvalue weighted by Crippen LogP contribution is -2.42. The largest absolute Gasteiger partial charge is 0.378 e. The maximum atomic E-state index is 13.0. The lowest BCUT2D eigenvalue weighted by Gasteiger charge is -2.27. The topological polar surface area (TPSA) is 71.9 Å². The molecule has 2 saturated heterocycles. The molecule has 0 saturated carbocycles. The SMILES string of the molecule is O=C(Cn1cc(/C=C2\SC(=O)N(Cc3ccc(Br)cc3)C2=O)c2ccccc21)N1CCOCC1. The number of amides is 3. The van der Waals surface area contributed by atoms with Gasteiger partial charge in [0.1, 0.15) is 6.54 Å². The molecule has 5 rings (SSSR count). The van der Waals surface area contributed by atoms with E-state index in [1.165, 1.54) is 4.90 Å². The van der Waals surface area contributed by atoms with Crippen LogP contribution in [0.3, 0.4) is 0 Å². The Morgan fingerprint density at radius 2 is 1.79 bits per heavy atom. The second-order valence-electron chi connectivity index (χ2n) is 8.12. The summed E-state index contributed by atoms with van der Waals surface area (Å²) in [6, 6.07) is 15.3. The highest BCUT2D eigenvalue weighted by molar-refractivity contribution is 9.10. The van der Waals surface area contributed by atoms with Crippen LogP contribution in [0.25, 0.3) is 17.0 Å². The Labute approximate surface area is 209 Å². The average Bonchev–Trinajstić information content (AvgIpc) is 3.33. The summed E-state index contributed by atoms with van der Waals surface area (Å²) in [7, 11) is 0. The Kier molecular flexibility index (Phi) is 6.58. The summed E-state index contributed by atoms with van der Waals surface area (Å²) in [5.74, 6) is -0.274. The molecule has 9 heteroatoms. The zero-order valence-corrected chi connectivity index (χ0v) is 20.7. The monoisotopic (exact) mass is 539 g/mol. The molecule has 1 aromatic heterocycles. The minimum Gasteiger partial charge on any atom is -0.378 e. The number of para-hydroxylation sites is 1. The Morgan fingerprint density at radius 3 is 2.56 bits per heavy atom. The summed E-state index contributed by atoms with van der Waals surface area (Å²) in [4.78, 5) is 41.9. The van der Waals surface area contributed by atoms with Gasteiger partial charge in [-0.25, -0.2) is 0 Å². The number of rotatable bonds is 5. The van der Waals surface area contributed by atoms with E-state index in [4.69, 9.17) is 4.74 Å². The third kappa shape index (κ3) is 4.68. The average molecular weight is 540 g/mol. The highest BCUT2D eigenvalue weighted by Crippen LogP contribution is 2.35. The maximum Gasteiger partial charge on any atom is 0.293 e. The molecule has 2 aliphatic rings. The fourth-order valence-electron chi connectivity index (χ4n) is 4.13. The van der Waals surface area contributed by atoms with E-state index >= 15 is 0 Å². The molecule has 7 nitrogen and oxygen atoms in total. The van der Waals surface area contributed by atoms with Gasteiger partial charge in [0.15, 0.2) is 0 Å². The number of thioether (sulfide) groups is 1. The highest BCUT2D eigenvalue weighted by atomic mass is 79.9. The van der Waals surface area contributed by atoms with E-state index in [0.29, 0.717) is 31.2 Å². The van der Waals surface area contributed by atoms with Crippen molar-refractivity contribution in [2.45, 2.75) is 13.1 Å². The van der Waals surface area contributed by atoms with Crippen molar-refractivity contribution in [3.8, 4) is 0 Å². The van der Waals surface area contributed by atoms with Crippen molar-refractivity contribution in [2.75, 3.05) is 26.3 Å². The number of imide groups is 1. The minimum atomic E-state index is -0.306. The minimum absolute atomic E-state index is 0.0328. The smallest absolute Gasteiger partial charge is 0.293 e. The van der Waals surface area contributed by atoms with Crippen LogP contribution in [-0.4, -0.2) is 57.7 Å². The van der Waals surface area contributed by atoms with Crippen LogP contribution in [-0.2, 0) is 27.4 Å². The highest BCUT2D eigenvalue weighted by Gasteiger charge is 2.35. The van der Waals surface area contributed by atoms with Gasteiger partial charge in [-0.15, -0.1) is 0 Å². The van der Waals surface area contributed by atoms with Crippen LogP contribution in [0.2, 0.25) is 0 Å². The van der Waals surface area contributed by atoms with Crippen LogP contribution in [0.5, 0.6) is 0 Å². The molecule has 174 valence electrons. The Bertz CT molecular complexity index is 1300. The molecule has 34 heavy (non-hydrogen) atoms. The predicted octanol–water partition coefficient (Wildman–Crippen LogP) is 4.50. The molecular formula is C25H22BrN3O4S. The van der Waals surface area contributed by atoms with Gasteiger partial charge in [0.25, 0.3) is 11.1 Å². The van der Waals surface area contributed by atoms with E-state index in [-0.39, 0.29) is 30.1 Å². The molecule has 2 aromatic carbocycles. The number of halogens is 1. The van der Waals surface area contributed by atoms with Crippen molar-refractivity contribution < 1.29 is 19.1 Å². The third-order valence-electron chi connectivity index (χ3n) is 5.90. The number of ether oxygens (including phenoxy) is 1. The first-order valence-electron chi connectivity index (χ1n) is 10.9. The standard InChI is InChI=1S/C25H22BrN3O4S/c26-19-7-5-17(6-8-19)14-29-24(31)22(34-25(29)32)13-18-15-28(21-4-2-1-3-20(18)21)16-23(30)27-9-11-33-12-10-27/h1-8,13,15H,9-12,14,16H2/b22-13-. The fourth-order valence-corrected chi connectivity index (χ4v) is 5.22. The van der Waals surface area contributed by atoms with Gasteiger partial charge in [0, 0.05) is 40.2 Å². The normalized spacial score (nSPS) is 17.9. The molecule has 2 aliphatic heterocycles. The second-order valence-corrected chi connectivity index (χ2v) is 10.0. The summed E-state index contributed by atoms with van der Waals surface area (Å²) in [5.41, 5.74) is 2.59.